The molecule has 2 aromatic heterocycles. The number of hydrogen-bond acceptors (Lipinski definition) is 4. The molecule has 0 spiro atoms. The summed E-state index contributed by atoms with van der Waals surface area (Å²) in [6, 6.07) is 4.32. The zero-order chi connectivity index (χ0) is 16.7. The molecule has 2 heterocycles. The molecule has 0 bridgehead atoms. The van der Waals surface area contributed by atoms with E-state index in [9.17, 15) is 9.18 Å². The number of carbonyl (C=O) groups excluding carboxylic acids is 1. The highest BCUT2D eigenvalue weighted by atomic mass is 19.1. The van der Waals surface area contributed by atoms with Gasteiger partial charge in [-0.25, -0.2) is 14.4 Å². The largest absolute Gasteiger partial charge is 0.493 e. The zero-order valence-electron chi connectivity index (χ0n) is 12.8. The quantitative estimate of drug-likeness (QED) is 0.753. The summed E-state index contributed by atoms with van der Waals surface area (Å²) in [6.07, 6.45) is 5.13. The molecule has 0 aliphatic heterocycles. The van der Waals surface area contributed by atoms with Gasteiger partial charge < -0.3 is 15.5 Å². The molecule has 7 heteroatoms. The van der Waals surface area contributed by atoms with Gasteiger partial charge in [-0.15, -0.1) is 0 Å². The van der Waals surface area contributed by atoms with E-state index < -0.39 is 11.7 Å². The normalized spacial score (nSPS) is 14.0. The van der Waals surface area contributed by atoms with Crippen LogP contribution in [0.5, 0.6) is 5.75 Å². The van der Waals surface area contributed by atoms with Crippen LogP contribution in [0.15, 0.2) is 30.7 Å². The van der Waals surface area contributed by atoms with Crippen LogP contribution in [-0.2, 0) is 0 Å². The van der Waals surface area contributed by atoms with Crippen LogP contribution in [0, 0.1) is 11.7 Å². The van der Waals surface area contributed by atoms with E-state index in [1.807, 2.05) is 0 Å². The van der Waals surface area contributed by atoms with E-state index in [-0.39, 0.29) is 5.56 Å². The van der Waals surface area contributed by atoms with E-state index in [4.69, 9.17) is 10.5 Å². The first-order chi connectivity index (χ1) is 11.6. The van der Waals surface area contributed by atoms with Crippen molar-refractivity contribution in [2.75, 3.05) is 6.61 Å². The third-order valence-electron chi connectivity index (χ3n) is 4.10. The molecule has 4 rings (SSSR count). The molecule has 1 saturated carbocycles. The molecule has 1 amide bonds. The Labute approximate surface area is 136 Å². The fourth-order valence-corrected chi connectivity index (χ4v) is 2.64. The lowest BCUT2D eigenvalue weighted by Crippen LogP contribution is -2.10. The highest BCUT2D eigenvalue weighted by Crippen LogP contribution is 2.36. The predicted octanol–water partition coefficient (Wildman–Crippen LogP) is 2.65. The monoisotopic (exact) mass is 326 g/mol. The molecule has 1 aliphatic carbocycles. The summed E-state index contributed by atoms with van der Waals surface area (Å²) in [5.74, 6) is 0.145. The van der Waals surface area contributed by atoms with Gasteiger partial charge in [0.15, 0.2) is 0 Å². The van der Waals surface area contributed by atoms with Crippen LogP contribution in [0.1, 0.15) is 23.2 Å². The number of carbonyl (C=O) groups is 1. The second-order valence-electron chi connectivity index (χ2n) is 5.91. The number of hydrogen-bond donors (Lipinski definition) is 2. The first-order valence-electron chi connectivity index (χ1n) is 7.68. The van der Waals surface area contributed by atoms with Crippen molar-refractivity contribution >= 4 is 16.9 Å². The van der Waals surface area contributed by atoms with Crippen molar-refractivity contribution in [1.82, 2.24) is 15.0 Å². The highest BCUT2D eigenvalue weighted by molar-refractivity contribution is 6.07. The minimum Gasteiger partial charge on any atom is -0.493 e. The first kappa shape index (κ1) is 14.6. The Kier molecular flexibility index (Phi) is 3.41. The van der Waals surface area contributed by atoms with Gasteiger partial charge in [-0.3, -0.25) is 4.79 Å². The van der Waals surface area contributed by atoms with Crippen molar-refractivity contribution in [2.24, 2.45) is 11.7 Å². The first-order valence-corrected chi connectivity index (χ1v) is 7.68. The molecular formula is C17H15FN4O2. The Balaban J connectivity index is 1.84. The Morgan fingerprint density at radius 2 is 2.21 bits per heavy atom. The van der Waals surface area contributed by atoms with Crippen molar-refractivity contribution in [1.29, 1.82) is 0 Å². The maximum atomic E-state index is 13.8. The van der Waals surface area contributed by atoms with Crippen molar-refractivity contribution in [3.8, 4) is 17.0 Å². The smallest absolute Gasteiger partial charge is 0.252 e. The number of benzene rings is 1. The van der Waals surface area contributed by atoms with Gasteiger partial charge in [0.1, 0.15) is 29.1 Å². The molecule has 1 aliphatic rings. The third kappa shape index (κ3) is 2.58. The summed E-state index contributed by atoms with van der Waals surface area (Å²) in [6.45, 7) is 0.601. The van der Waals surface area contributed by atoms with Gasteiger partial charge in [0, 0.05) is 11.8 Å². The molecule has 122 valence electrons. The SMILES string of the molecule is NC(=O)c1c[nH]c2c(-c3cc(F)ccc3OCC3CC3)ncnc12. The Morgan fingerprint density at radius 3 is 2.96 bits per heavy atom. The van der Waals surface area contributed by atoms with Crippen LogP contribution in [0.4, 0.5) is 4.39 Å². The lowest BCUT2D eigenvalue weighted by Gasteiger charge is -2.11. The van der Waals surface area contributed by atoms with E-state index in [0.29, 0.717) is 40.6 Å². The van der Waals surface area contributed by atoms with Gasteiger partial charge in [0.2, 0.25) is 0 Å². The Bertz CT molecular complexity index is 933. The number of H-pyrrole nitrogens is 1. The molecule has 24 heavy (non-hydrogen) atoms. The maximum Gasteiger partial charge on any atom is 0.252 e. The van der Waals surface area contributed by atoms with Crippen LogP contribution < -0.4 is 10.5 Å². The van der Waals surface area contributed by atoms with Gasteiger partial charge >= 0.3 is 0 Å². The van der Waals surface area contributed by atoms with E-state index in [1.165, 1.54) is 24.7 Å². The molecule has 0 radical (unpaired) electrons. The van der Waals surface area contributed by atoms with Gasteiger partial charge in [-0.05, 0) is 37.0 Å². The number of aromatic amines is 1. The number of primary amides is 1. The summed E-state index contributed by atoms with van der Waals surface area (Å²) < 4.78 is 19.6. The molecule has 3 N–H and O–H groups in total. The summed E-state index contributed by atoms with van der Waals surface area (Å²) >= 11 is 0. The molecule has 0 saturated heterocycles. The lowest BCUT2D eigenvalue weighted by atomic mass is 10.1. The number of nitrogens with two attached hydrogens (primary N) is 1. The summed E-state index contributed by atoms with van der Waals surface area (Å²) in [4.78, 5) is 22.8. The summed E-state index contributed by atoms with van der Waals surface area (Å²) in [5, 5.41) is 0. The minimum atomic E-state index is -0.588. The van der Waals surface area contributed by atoms with Crippen molar-refractivity contribution < 1.29 is 13.9 Å². The zero-order valence-corrected chi connectivity index (χ0v) is 12.8. The van der Waals surface area contributed by atoms with Crippen LogP contribution >= 0.6 is 0 Å². The second-order valence-corrected chi connectivity index (χ2v) is 5.91. The topological polar surface area (TPSA) is 93.9 Å². The number of nitrogens with one attached hydrogen (secondary N) is 1. The third-order valence-corrected chi connectivity index (χ3v) is 4.10. The van der Waals surface area contributed by atoms with Gasteiger partial charge in [-0.1, -0.05) is 0 Å². The fourth-order valence-electron chi connectivity index (χ4n) is 2.64. The van der Waals surface area contributed by atoms with Gasteiger partial charge in [-0.2, -0.15) is 0 Å². The predicted molar refractivity (Wildman–Crippen MR) is 86.0 cm³/mol. The highest BCUT2D eigenvalue weighted by Gasteiger charge is 2.23. The Morgan fingerprint density at radius 1 is 1.38 bits per heavy atom. The van der Waals surface area contributed by atoms with Crippen molar-refractivity contribution in [2.45, 2.75) is 12.8 Å². The molecule has 6 nitrogen and oxygen atoms in total. The number of halogens is 1. The molecule has 0 unspecified atom stereocenters. The van der Waals surface area contributed by atoms with E-state index >= 15 is 0 Å². The van der Waals surface area contributed by atoms with E-state index in [0.717, 1.165) is 12.8 Å². The Hall–Kier alpha value is -2.96. The summed E-state index contributed by atoms with van der Waals surface area (Å²) in [5.41, 5.74) is 7.53. The van der Waals surface area contributed by atoms with Crippen LogP contribution in [-0.4, -0.2) is 27.5 Å². The average Bonchev–Trinajstić information content (AvgIpc) is 3.29. The van der Waals surface area contributed by atoms with Crippen LogP contribution in [0.2, 0.25) is 0 Å². The minimum absolute atomic E-state index is 0.269. The average molecular weight is 326 g/mol. The standard InChI is InChI=1S/C17H15FN4O2/c18-10-3-4-13(24-7-9-1-2-9)11(5-10)14-16-15(22-8-21-14)12(6-20-16)17(19)23/h3-6,8-9,20H,1-2,7H2,(H2,19,23). The molecular weight excluding hydrogens is 311 g/mol. The molecule has 3 aromatic rings. The lowest BCUT2D eigenvalue weighted by molar-refractivity contribution is 0.100. The molecule has 1 aromatic carbocycles. The van der Waals surface area contributed by atoms with Crippen molar-refractivity contribution in [3.05, 3.63) is 42.1 Å². The second kappa shape index (κ2) is 5.59. The number of aromatic nitrogens is 3. The molecule has 0 atom stereocenters. The van der Waals surface area contributed by atoms with Gasteiger partial charge in [0.05, 0.1) is 17.7 Å². The van der Waals surface area contributed by atoms with E-state index in [1.54, 1.807) is 6.07 Å². The van der Waals surface area contributed by atoms with Crippen LogP contribution in [0.25, 0.3) is 22.3 Å². The van der Waals surface area contributed by atoms with Crippen molar-refractivity contribution in [3.63, 3.8) is 0 Å². The number of rotatable bonds is 5. The summed E-state index contributed by atoms with van der Waals surface area (Å²) in [7, 11) is 0. The fraction of sp³-hybridized carbons (Fsp3) is 0.235. The number of ether oxygens (including phenoxy) is 1. The number of nitrogens with zero attached hydrogens (tertiary/aromatic N) is 2. The number of amides is 1. The van der Waals surface area contributed by atoms with Crippen LogP contribution in [0.3, 0.4) is 0 Å². The van der Waals surface area contributed by atoms with Gasteiger partial charge in [0.25, 0.3) is 5.91 Å². The molecule has 1 fully saturated rings. The van der Waals surface area contributed by atoms with E-state index in [2.05, 4.69) is 15.0 Å². The number of fused-ring (bicyclic) bond motifs is 1. The maximum absolute atomic E-state index is 13.8.